The van der Waals surface area contributed by atoms with Crippen molar-refractivity contribution in [1.29, 1.82) is 0 Å². The van der Waals surface area contributed by atoms with E-state index in [4.69, 9.17) is 0 Å². The number of hydrogen-bond acceptors (Lipinski definition) is 2. The highest BCUT2D eigenvalue weighted by molar-refractivity contribution is 6.05. The molecule has 1 amide bonds. The molecule has 1 unspecified atom stereocenters. The fourth-order valence-electron chi connectivity index (χ4n) is 3.32. The average molecular weight is 287 g/mol. The van der Waals surface area contributed by atoms with E-state index in [1.807, 2.05) is 18.2 Å². The van der Waals surface area contributed by atoms with Crippen molar-refractivity contribution in [2.24, 2.45) is 5.41 Å². The van der Waals surface area contributed by atoms with Gasteiger partial charge in [0.05, 0.1) is 6.04 Å². The largest absolute Gasteiger partial charge is 0.480 e. The highest BCUT2D eigenvalue weighted by Gasteiger charge is 2.57. The van der Waals surface area contributed by atoms with E-state index in [1.54, 1.807) is 0 Å². The molecule has 0 saturated heterocycles. The second-order valence-corrected chi connectivity index (χ2v) is 6.92. The molecule has 1 fully saturated rings. The smallest absolute Gasteiger partial charge is 0.319 e. The summed E-state index contributed by atoms with van der Waals surface area (Å²) >= 11 is 0. The summed E-state index contributed by atoms with van der Waals surface area (Å²) in [5.41, 5.74) is 1.31. The molecule has 21 heavy (non-hydrogen) atoms. The summed E-state index contributed by atoms with van der Waals surface area (Å²) < 4.78 is 0. The van der Waals surface area contributed by atoms with Crippen LogP contribution in [-0.2, 0) is 15.0 Å². The highest BCUT2D eigenvalue weighted by atomic mass is 16.4. The van der Waals surface area contributed by atoms with Crippen LogP contribution in [0.4, 0.5) is 0 Å². The van der Waals surface area contributed by atoms with Crippen molar-refractivity contribution >= 4 is 11.9 Å². The zero-order chi connectivity index (χ0) is 15.3. The van der Waals surface area contributed by atoms with E-state index in [1.165, 1.54) is 5.56 Å². The lowest BCUT2D eigenvalue weighted by atomic mass is 9.71. The van der Waals surface area contributed by atoms with E-state index in [2.05, 4.69) is 25.2 Å². The van der Waals surface area contributed by atoms with Crippen molar-refractivity contribution < 1.29 is 14.7 Å². The van der Waals surface area contributed by atoms with E-state index in [0.717, 1.165) is 18.4 Å². The first-order chi connectivity index (χ1) is 9.87. The number of carboxylic acids is 1. The van der Waals surface area contributed by atoms with Gasteiger partial charge in [-0.3, -0.25) is 9.59 Å². The van der Waals surface area contributed by atoms with Gasteiger partial charge >= 0.3 is 5.97 Å². The van der Waals surface area contributed by atoms with Crippen molar-refractivity contribution in [3.63, 3.8) is 0 Å². The summed E-state index contributed by atoms with van der Waals surface area (Å²) in [6.07, 6.45) is 2.74. The van der Waals surface area contributed by atoms with Crippen LogP contribution in [0, 0.1) is 5.41 Å². The summed E-state index contributed by atoms with van der Waals surface area (Å²) in [5.74, 6) is -1.32. The predicted molar refractivity (Wildman–Crippen MR) is 78.9 cm³/mol. The Labute approximate surface area is 124 Å². The lowest BCUT2D eigenvalue weighted by Gasteiger charge is -2.37. The Morgan fingerprint density at radius 1 is 1.19 bits per heavy atom. The summed E-state index contributed by atoms with van der Waals surface area (Å²) in [6, 6.07) is 8.08. The lowest BCUT2D eigenvalue weighted by Crippen LogP contribution is -2.41. The number of amides is 1. The molecule has 0 spiro atoms. The minimum Gasteiger partial charge on any atom is -0.480 e. The molecule has 4 heteroatoms. The van der Waals surface area contributed by atoms with Crippen LogP contribution < -0.4 is 5.32 Å². The molecule has 3 rings (SSSR count). The molecule has 0 radical (unpaired) electrons. The van der Waals surface area contributed by atoms with Crippen molar-refractivity contribution in [3.05, 3.63) is 35.4 Å². The summed E-state index contributed by atoms with van der Waals surface area (Å²) in [4.78, 5) is 23.6. The highest BCUT2D eigenvalue weighted by Crippen LogP contribution is 2.47. The van der Waals surface area contributed by atoms with Crippen LogP contribution in [0.1, 0.15) is 56.7 Å². The van der Waals surface area contributed by atoms with Gasteiger partial charge in [-0.1, -0.05) is 38.1 Å². The van der Waals surface area contributed by atoms with E-state index >= 15 is 0 Å². The molecule has 2 aliphatic carbocycles. The quantitative estimate of drug-likeness (QED) is 0.840. The number of fused-ring (bicyclic) bond motifs is 1. The van der Waals surface area contributed by atoms with Crippen molar-refractivity contribution in [1.82, 2.24) is 5.32 Å². The number of rotatable bonds is 3. The number of carbonyl (C=O) groups is 2. The maximum atomic E-state index is 12.3. The fourth-order valence-corrected chi connectivity index (χ4v) is 3.32. The van der Waals surface area contributed by atoms with Crippen LogP contribution in [0.15, 0.2) is 24.3 Å². The lowest BCUT2D eigenvalue weighted by molar-refractivity contribution is -0.149. The first-order valence-corrected chi connectivity index (χ1v) is 7.51. The number of carbonyl (C=O) groups excluding carboxylic acids is 1. The third-order valence-electron chi connectivity index (χ3n) is 5.02. The second kappa shape index (κ2) is 4.58. The monoisotopic (exact) mass is 287 g/mol. The van der Waals surface area contributed by atoms with Crippen molar-refractivity contribution in [3.8, 4) is 0 Å². The maximum absolute atomic E-state index is 12.3. The molecule has 0 aromatic heterocycles. The molecular weight excluding hydrogens is 266 g/mol. The van der Waals surface area contributed by atoms with Crippen LogP contribution >= 0.6 is 0 Å². The van der Waals surface area contributed by atoms with E-state index in [-0.39, 0.29) is 17.4 Å². The third kappa shape index (κ3) is 2.23. The average Bonchev–Trinajstić information content (AvgIpc) is 3.24. The minimum atomic E-state index is -1.16. The molecule has 1 aromatic carbocycles. The fraction of sp³-hybridized carbons (Fsp3) is 0.529. The Kier molecular flexibility index (Phi) is 3.08. The number of hydrogen-bond donors (Lipinski definition) is 2. The van der Waals surface area contributed by atoms with Gasteiger partial charge in [0.2, 0.25) is 5.91 Å². The van der Waals surface area contributed by atoms with Gasteiger partial charge < -0.3 is 10.4 Å². The van der Waals surface area contributed by atoms with Gasteiger partial charge in [0.25, 0.3) is 0 Å². The molecular formula is C17H21NO3. The van der Waals surface area contributed by atoms with Gasteiger partial charge in [-0.25, -0.2) is 0 Å². The summed E-state index contributed by atoms with van der Waals surface area (Å²) in [6.45, 7) is 4.42. The molecule has 0 bridgehead atoms. The predicted octanol–water partition coefficient (Wildman–Crippen LogP) is 2.78. The third-order valence-corrected chi connectivity index (χ3v) is 5.02. The van der Waals surface area contributed by atoms with Gasteiger partial charge in [0.15, 0.2) is 0 Å². The molecule has 1 atom stereocenters. The summed E-state index contributed by atoms with van der Waals surface area (Å²) in [7, 11) is 0. The topological polar surface area (TPSA) is 66.4 Å². The molecule has 1 saturated carbocycles. The normalized spacial score (nSPS) is 24.8. The molecule has 4 nitrogen and oxygen atoms in total. The van der Waals surface area contributed by atoms with Gasteiger partial charge in [-0.15, -0.1) is 0 Å². The van der Waals surface area contributed by atoms with Crippen molar-refractivity contribution in [2.45, 2.75) is 51.0 Å². The zero-order valence-corrected chi connectivity index (χ0v) is 12.5. The van der Waals surface area contributed by atoms with E-state index in [9.17, 15) is 14.7 Å². The number of nitrogens with one attached hydrogen (secondary N) is 1. The zero-order valence-electron chi connectivity index (χ0n) is 12.5. The molecule has 2 N–H and O–H groups in total. The van der Waals surface area contributed by atoms with E-state index in [0.29, 0.717) is 12.8 Å². The Bertz CT molecular complexity index is 602. The Hall–Kier alpha value is -1.84. The van der Waals surface area contributed by atoms with Gasteiger partial charge in [0, 0.05) is 0 Å². The van der Waals surface area contributed by atoms with Crippen molar-refractivity contribution in [2.75, 3.05) is 0 Å². The number of carboxylic acid groups (broad SMARTS) is 1. The molecule has 112 valence electrons. The van der Waals surface area contributed by atoms with Crippen LogP contribution in [0.5, 0.6) is 0 Å². The van der Waals surface area contributed by atoms with Gasteiger partial charge in [0.1, 0.15) is 5.41 Å². The Balaban J connectivity index is 1.85. The van der Waals surface area contributed by atoms with Crippen LogP contribution in [0.2, 0.25) is 0 Å². The Morgan fingerprint density at radius 3 is 2.48 bits per heavy atom. The maximum Gasteiger partial charge on any atom is 0.319 e. The van der Waals surface area contributed by atoms with Gasteiger partial charge in [-0.2, -0.15) is 0 Å². The first kappa shape index (κ1) is 14.1. The number of aliphatic carboxylic acids is 1. The van der Waals surface area contributed by atoms with Crippen LogP contribution in [-0.4, -0.2) is 17.0 Å². The Morgan fingerprint density at radius 2 is 1.86 bits per heavy atom. The van der Waals surface area contributed by atoms with Crippen LogP contribution in [0.3, 0.4) is 0 Å². The number of benzene rings is 1. The first-order valence-electron chi connectivity index (χ1n) is 7.51. The van der Waals surface area contributed by atoms with E-state index < -0.39 is 11.4 Å². The standard InChI is InChI=1S/C17H21NO3/c1-16(2)8-7-13(11-5-3-4-6-12(11)16)18-14(19)17(9-10-17)15(20)21/h3-6,13H,7-10H2,1-2H3,(H,18,19)(H,20,21). The molecule has 0 aliphatic heterocycles. The molecule has 2 aliphatic rings. The van der Waals surface area contributed by atoms with Crippen LogP contribution in [0.25, 0.3) is 0 Å². The molecule has 0 heterocycles. The minimum absolute atomic E-state index is 0.0708. The SMILES string of the molecule is CC1(C)CCC(NC(=O)C2(C(=O)O)CC2)c2ccccc21. The van der Waals surface area contributed by atoms with Gasteiger partial charge in [-0.05, 0) is 42.2 Å². The molecule has 1 aromatic rings. The summed E-state index contributed by atoms with van der Waals surface area (Å²) in [5, 5.41) is 12.2. The second-order valence-electron chi connectivity index (χ2n) is 6.92.